The van der Waals surface area contributed by atoms with Crippen LogP contribution in [0.15, 0.2) is 0 Å². The zero-order valence-electron chi connectivity index (χ0n) is 8.67. The second-order valence-corrected chi connectivity index (χ2v) is 3.97. The Labute approximate surface area is 83.9 Å². The molecule has 76 valence electrons. The van der Waals surface area contributed by atoms with Gasteiger partial charge in [0.25, 0.3) is 0 Å². The van der Waals surface area contributed by atoms with Crippen molar-refractivity contribution < 1.29 is 0 Å². The highest BCUT2D eigenvalue weighted by Crippen LogP contribution is 2.22. The number of hydrogen-bond donors (Lipinski definition) is 2. The van der Waals surface area contributed by atoms with Crippen molar-refractivity contribution in [2.75, 3.05) is 12.3 Å². The second kappa shape index (κ2) is 3.53. The highest BCUT2D eigenvalue weighted by Gasteiger charge is 2.18. The van der Waals surface area contributed by atoms with Crippen molar-refractivity contribution in [3.05, 3.63) is 17.0 Å². The maximum Gasteiger partial charge on any atom is 0.220 e. The number of nitrogens with zero attached hydrogens (tertiary/aromatic N) is 2. The van der Waals surface area contributed by atoms with Crippen molar-refractivity contribution in [3.63, 3.8) is 0 Å². The Kier molecular flexibility index (Phi) is 2.37. The number of aromatic nitrogens is 2. The number of nitrogens with one attached hydrogen (secondary N) is 1. The van der Waals surface area contributed by atoms with Gasteiger partial charge in [-0.15, -0.1) is 0 Å². The number of nitrogens with two attached hydrogens (primary N) is 1. The number of anilines is 1. The predicted molar refractivity (Wildman–Crippen MR) is 55.9 cm³/mol. The van der Waals surface area contributed by atoms with E-state index in [2.05, 4.69) is 29.1 Å². The molecule has 4 heteroatoms. The first-order chi connectivity index (χ1) is 6.68. The van der Waals surface area contributed by atoms with Gasteiger partial charge in [-0.2, -0.15) is 0 Å². The topological polar surface area (TPSA) is 63.8 Å². The van der Waals surface area contributed by atoms with Crippen LogP contribution in [0.25, 0.3) is 0 Å². The maximum absolute atomic E-state index is 5.67. The molecular weight excluding hydrogens is 176 g/mol. The van der Waals surface area contributed by atoms with Crippen molar-refractivity contribution in [1.29, 1.82) is 0 Å². The monoisotopic (exact) mass is 192 g/mol. The predicted octanol–water partition coefficient (Wildman–Crippen LogP) is 0.828. The van der Waals surface area contributed by atoms with Crippen molar-refractivity contribution in [2.24, 2.45) is 0 Å². The van der Waals surface area contributed by atoms with E-state index in [1.165, 1.54) is 5.56 Å². The van der Waals surface area contributed by atoms with E-state index in [0.29, 0.717) is 11.9 Å². The van der Waals surface area contributed by atoms with Crippen LogP contribution in [-0.2, 0) is 13.0 Å². The third kappa shape index (κ3) is 1.57. The third-order valence-electron chi connectivity index (χ3n) is 2.53. The fourth-order valence-electron chi connectivity index (χ4n) is 1.89. The van der Waals surface area contributed by atoms with Crippen molar-refractivity contribution in [3.8, 4) is 0 Å². The number of hydrogen-bond acceptors (Lipinski definition) is 4. The molecule has 0 saturated heterocycles. The first kappa shape index (κ1) is 9.40. The summed E-state index contributed by atoms with van der Waals surface area (Å²) in [5, 5.41) is 3.29. The first-order valence-corrected chi connectivity index (χ1v) is 5.04. The lowest BCUT2D eigenvalue weighted by Gasteiger charge is -2.20. The molecule has 0 amide bonds. The van der Waals surface area contributed by atoms with Crippen LogP contribution in [0.1, 0.15) is 36.7 Å². The van der Waals surface area contributed by atoms with Crippen molar-refractivity contribution in [1.82, 2.24) is 15.3 Å². The minimum atomic E-state index is 0.399. The zero-order chi connectivity index (χ0) is 10.1. The lowest BCUT2D eigenvalue weighted by atomic mass is 9.98. The molecule has 0 unspecified atom stereocenters. The molecule has 1 aliphatic heterocycles. The normalized spacial score (nSPS) is 15.6. The van der Waals surface area contributed by atoms with Gasteiger partial charge < -0.3 is 11.1 Å². The second-order valence-electron chi connectivity index (χ2n) is 3.97. The van der Waals surface area contributed by atoms with Crippen LogP contribution in [0.3, 0.4) is 0 Å². The summed E-state index contributed by atoms with van der Waals surface area (Å²) in [6.45, 7) is 6.12. The van der Waals surface area contributed by atoms with Gasteiger partial charge in [0.05, 0.1) is 11.4 Å². The quantitative estimate of drug-likeness (QED) is 0.691. The lowest BCUT2D eigenvalue weighted by molar-refractivity contribution is 0.610. The van der Waals surface area contributed by atoms with E-state index < -0.39 is 0 Å². The van der Waals surface area contributed by atoms with E-state index in [0.717, 1.165) is 30.9 Å². The maximum atomic E-state index is 5.67. The molecule has 2 rings (SSSR count). The molecule has 0 radical (unpaired) electrons. The van der Waals surface area contributed by atoms with Crippen LogP contribution in [0, 0.1) is 0 Å². The van der Waals surface area contributed by atoms with Gasteiger partial charge in [0.1, 0.15) is 0 Å². The summed E-state index contributed by atoms with van der Waals surface area (Å²) in [6.07, 6.45) is 1.02. The molecule has 2 heterocycles. The molecule has 0 saturated carbocycles. The molecule has 0 bridgehead atoms. The van der Waals surface area contributed by atoms with Crippen LogP contribution < -0.4 is 11.1 Å². The zero-order valence-corrected chi connectivity index (χ0v) is 8.67. The minimum absolute atomic E-state index is 0.399. The Morgan fingerprint density at radius 3 is 2.86 bits per heavy atom. The largest absolute Gasteiger partial charge is 0.368 e. The first-order valence-electron chi connectivity index (χ1n) is 5.04. The fraction of sp³-hybridized carbons (Fsp3) is 0.600. The fourth-order valence-corrected chi connectivity index (χ4v) is 1.89. The standard InChI is InChI=1S/C10H16N4/c1-6(2)9-7-3-4-12-5-8(7)13-10(11)14-9/h6,12H,3-5H2,1-2H3,(H2,11,13,14). The Morgan fingerprint density at radius 2 is 2.14 bits per heavy atom. The molecule has 0 spiro atoms. The summed E-state index contributed by atoms with van der Waals surface area (Å²) in [6, 6.07) is 0. The average molecular weight is 192 g/mol. The summed E-state index contributed by atoms with van der Waals surface area (Å²) in [5.41, 5.74) is 9.17. The van der Waals surface area contributed by atoms with Crippen LogP contribution in [0.2, 0.25) is 0 Å². The van der Waals surface area contributed by atoms with Gasteiger partial charge in [0, 0.05) is 6.54 Å². The third-order valence-corrected chi connectivity index (χ3v) is 2.53. The Hall–Kier alpha value is -1.16. The van der Waals surface area contributed by atoms with Gasteiger partial charge >= 0.3 is 0 Å². The lowest BCUT2D eigenvalue weighted by Crippen LogP contribution is -2.27. The number of nitrogen functional groups attached to an aromatic ring is 1. The van der Waals surface area contributed by atoms with Crippen LogP contribution in [0.4, 0.5) is 5.95 Å². The summed E-state index contributed by atoms with van der Waals surface area (Å²) in [7, 11) is 0. The Bertz CT molecular complexity index is 346. The van der Waals surface area contributed by atoms with E-state index in [4.69, 9.17) is 5.73 Å². The van der Waals surface area contributed by atoms with Crippen molar-refractivity contribution in [2.45, 2.75) is 32.7 Å². The molecule has 0 atom stereocenters. The molecular formula is C10H16N4. The summed E-state index contributed by atoms with van der Waals surface area (Å²) < 4.78 is 0. The van der Waals surface area contributed by atoms with Gasteiger partial charge in [-0.05, 0) is 24.4 Å². The van der Waals surface area contributed by atoms with Crippen LogP contribution in [0.5, 0.6) is 0 Å². The molecule has 0 aromatic carbocycles. The SMILES string of the molecule is CC(C)c1nc(N)nc2c1CCNC2. The Balaban J connectivity index is 2.52. The van der Waals surface area contributed by atoms with Gasteiger partial charge in [-0.3, -0.25) is 0 Å². The van der Waals surface area contributed by atoms with E-state index in [9.17, 15) is 0 Å². The Morgan fingerprint density at radius 1 is 1.36 bits per heavy atom. The summed E-state index contributed by atoms with van der Waals surface area (Å²) in [5.74, 6) is 0.822. The van der Waals surface area contributed by atoms with E-state index in [1.807, 2.05) is 0 Å². The highest BCUT2D eigenvalue weighted by atomic mass is 15.0. The molecule has 0 aliphatic carbocycles. The minimum Gasteiger partial charge on any atom is -0.368 e. The average Bonchev–Trinajstić information content (AvgIpc) is 2.16. The van der Waals surface area contributed by atoms with Crippen molar-refractivity contribution >= 4 is 5.95 Å². The highest BCUT2D eigenvalue weighted by molar-refractivity contribution is 5.35. The van der Waals surface area contributed by atoms with E-state index >= 15 is 0 Å². The van der Waals surface area contributed by atoms with Gasteiger partial charge in [0.15, 0.2) is 0 Å². The van der Waals surface area contributed by atoms with E-state index in [-0.39, 0.29) is 0 Å². The molecule has 1 aromatic heterocycles. The molecule has 3 N–H and O–H groups in total. The molecule has 1 aromatic rings. The van der Waals surface area contributed by atoms with E-state index in [1.54, 1.807) is 0 Å². The molecule has 0 fully saturated rings. The summed E-state index contributed by atoms with van der Waals surface area (Å²) in [4.78, 5) is 8.59. The van der Waals surface area contributed by atoms with Gasteiger partial charge in [-0.25, -0.2) is 9.97 Å². The van der Waals surface area contributed by atoms with Gasteiger partial charge in [-0.1, -0.05) is 13.8 Å². The summed E-state index contributed by atoms with van der Waals surface area (Å²) >= 11 is 0. The van der Waals surface area contributed by atoms with Crippen LogP contribution in [-0.4, -0.2) is 16.5 Å². The number of rotatable bonds is 1. The molecule has 4 nitrogen and oxygen atoms in total. The number of fused-ring (bicyclic) bond motifs is 1. The molecule has 14 heavy (non-hydrogen) atoms. The van der Waals surface area contributed by atoms with Crippen LogP contribution >= 0.6 is 0 Å². The van der Waals surface area contributed by atoms with Gasteiger partial charge in [0.2, 0.25) is 5.95 Å². The molecule has 1 aliphatic rings. The smallest absolute Gasteiger partial charge is 0.220 e.